The number of nitro benzene ring substituents is 1. The normalized spacial score (nSPS) is 13.4. The Labute approximate surface area is 170 Å². The molecule has 1 aliphatic rings. The van der Waals surface area contributed by atoms with Crippen LogP contribution in [0.1, 0.15) is 11.1 Å². The number of ether oxygens (including phenoxy) is 2. The number of carbonyl (C=O) groups is 2. The number of nitrogens with one attached hydrogen (secondary N) is 2. The molecule has 0 unspecified atom stereocenters. The molecule has 148 valence electrons. The maximum absolute atomic E-state index is 12.0. The van der Waals surface area contributed by atoms with Gasteiger partial charge in [0.25, 0.3) is 17.5 Å². The molecule has 1 fully saturated rings. The molecule has 0 aliphatic carbocycles. The van der Waals surface area contributed by atoms with Crippen molar-refractivity contribution in [2.75, 3.05) is 7.11 Å². The van der Waals surface area contributed by atoms with Crippen LogP contribution in [0.15, 0.2) is 48.0 Å². The van der Waals surface area contributed by atoms with Crippen LogP contribution in [-0.2, 0) is 16.2 Å². The number of non-ortho nitro benzene ring substituents is 1. The minimum absolute atomic E-state index is 0.0107. The van der Waals surface area contributed by atoms with E-state index < -0.39 is 16.7 Å². The average molecular weight is 413 g/mol. The molecule has 2 aromatic rings. The third-order valence-electron chi connectivity index (χ3n) is 3.98. The molecule has 1 heterocycles. The van der Waals surface area contributed by atoms with Gasteiger partial charge in [0, 0.05) is 12.1 Å². The van der Waals surface area contributed by atoms with E-state index in [2.05, 4.69) is 10.6 Å². The zero-order valence-electron chi connectivity index (χ0n) is 15.1. The van der Waals surface area contributed by atoms with Gasteiger partial charge in [0.1, 0.15) is 12.2 Å². The molecule has 0 bridgehead atoms. The molecule has 29 heavy (non-hydrogen) atoms. The molecule has 0 saturated carbocycles. The largest absolute Gasteiger partial charge is 0.493 e. The van der Waals surface area contributed by atoms with Crippen LogP contribution in [-0.4, -0.2) is 29.0 Å². The van der Waals surface area contributed by atoms with Crippen molar-refractivity contribution in [2.24, 2.45) is 0 Å². The lowest BCUT2D eigenvalue weighted by molar-refractivity contribution is -0.384. The van der Waals surface area contributed by atoms with Gasteiger partial charge in [-0.1, -0.05) is 6.07 Å². The van der Waals surface area contributed by atoms with Crippen molar-refractivity contribution >= 4 is 40.9 Å². The SMILES string of the molecule is COc1ccc(C=C2C(=O)NC(=S)NC2=O)cc1OCc1ccc([N+](=O)[O-])cc1. The van der Waals surface area contributed by atoms with Gasteiger partial charge < -0.3 is 9.47 Å². The topological polar surface area (TPSA) is 120 Å². The minimum atomic E-state index is -0.595. The summed E-state index contributed by atoms with van der Waals surface area (Å²) in [5.41, 5.74) is 1.16. The number of benzene rings is 2. The first-order valence-corrected chi connectivity index (χ1v) is 8.70. The van der Waals surface area contributed by atoms with E-state index in [9.17, 15) is 19.7 Å². The zero-order chi connectivity index (χ0) is 21.0. The fraction of sp³-hybridized carbons (Fsp3) is 0.105. The van der Waals surface area contributed by atoms with Crippen LogP contribution in [0.4, 0.5) is 5.69 Å². The summed E-state index contributed by atoms with van der Waals surface area (Å²) in [5.74, 6) is -0.356. The minimum Gasteiger partial charge on any atom is -0.493 e. The lowest BCUT2D eigenvalue weighted by Gasteiger charge is -2.16. The van der Waals surface area contributed by atoms with E-state index in [1.165, 1.54) is 25.3 Å². The Bertz CT molecular complexity index is 1010. The standard InChI is InChI=1S/C19H15N3O6S/c1-27-15-7-4-12(8-14-17(23)20-19(29)21-18(14)24)9-16(15)28-10-11-2-5-13(6-3-11)22(25)26/h2-9H,10H2,1H3,(H2,20,21,23,24,29). The number of amides is 2. The van der Waals surface area contributed by atoms with Crippen LogP contribution < -0.4 is 20.1 Å². The number of carbonyl (C=O) groups excluding carboxylic acids is 2. The van der Waals surface area contributed by atoms with Crippen LogP contribution >= 0.6 is 12.2 Å². The van der Waals surface area contributed by atoms with Gasteiger partial charge in [0.05, 0.1) is 12.0 Å². The number of hydrogen-bond donors (Lipinski definition) is 2. The van der Waals surface area contributed by atoms with Gasteiger partial charge >= 0.3 is 0 Å². The highest BCUT2D eigenvalue weighted by molar-refractivity contribution is 7.80. The van der Waals surface area contributed by atoms with Gasteiger partial charge in [-0.05, 0) is 53.7 Å². The van der Waals surface area contributed by atoms with E-state index in [0.717, 1.165) is 5.56 Å². The summed E-state index contributed by atoms with van der Waals surface area (Å²) in [4.78, 5) is 34.2. The quantitative estimate of drug-likeness (QED) is 0.245. The number of nitro groups is 1. The molecular weight excluding hydrogens is 398 g/mol. The van der Waals surface area contributed by atoms with E-state index in [1.807, 2.05) is 0 Å². The predicted molar refractivity (Wildman–Crippen MR) is 107 cm³/mol. The highest BCUT2D eigenvalue weighted by Crippen LogP contribution is 2.30. The molecular formula is C19H15N3O6S. The first kappa shape index (κ1) is 20.0. The summed E-state index contributed by atoms with van der Waals surface area (Å²) < 4.78 is 11.0. The predicted octanol–water partition coefficient (Wildman–Crippen LogP) is 2.10. The average Bonchev–Trinajstić information content (AvgIpc) is 2.69. The van der Waals surface area contributed by atoms with Crippen molar-refractivity contribution in [3.63, 3.8) is 0 Å². The zero-order valence-corrected chi connectivity index (χ0v) is 15.9. The van der Waals surface area contributed by atoms with Gasteiger partial charge in [-0.2, -0.15) is 0 Å². The first-order chi connectivity index (χ1) is 13.9. The van der Waals surface area contributed by atoms with Crippen molar-refractivity contribution in [2.45, 2.75) is 6.61 Å². The van der Waals surface area contributed by atoms with Crippen LogP contribution in [0.2, 0.25) is 0 Å². The molecule has 1 aliphatic heterocycles. The van der Waals surface area contributed by atoms with Gasteiger partial charge in [0.15, 0.2) is 16.6 Å². The molecule has 0 atom stereocenters. The van der Waals surface area contributed by atoms with E-state index >= 15 is 0 Å². The Morgan fingerprint density at radius 1 is 1.07 bits per heavy atom. The van der Waals surface area contributed by atoms with Gasteiger partial charge in [0.2, 0.25) is 0 Å². The smallest absolute Gasteiger partial charge is 0.269 e. The van der Waals surface area contributed by atoms with Gasteiger partial charge in [-0.25, -0.2) is 0 Å². The Balaban J connectivity index is 1.81. The Kier molecular flexibility index (Phi) is 5.84. The second-order valence-corrected chi connectivity index (χ2v) is 6.33. The van der Waals surface area contributed by atoms with E-state index in [0.29, 0.717) is 17.1 Å². The van der Waals surface area contributed by atoms with Crippen molar-refractivity contribution in [1.29, 1.82) is 0 Å². The number of thiocarbonyl (C=S) groups is 1. The van der Waals surface area contributed by atoms with Gasteiger partial charge in [-0.15, -0.1) is 0 Å². The Morgan fingerprint density at radius 3 is 2.31 bits per heavy atom. The molecule has 10 heteroatoms. The van der Waals surface area contributed by atoms with Gasteiger partial charge in [-0.3, -0.25) is 30.3 Å². The van der Waals surface area contributed by atoms with Crippen molar-refractivity contribution in [3.8, 4) is 11.5 Å². The van der Waals surface area contributed by atoms with Crippen molar-refractivity contribution in [1.82, 2.24) is 10.6 Å². The third kappa shape index (κ3) is 4.74. The number of hydrogen-bond acceptors (Lipinski definition) is 7. The molecule has 3 rings (SSSR count). The molecule has 2 N–H and O–H groups in total. The molecule has 0 radical (unpaired) electrons. The molecule has 2 amide bonds. The highest BCUT2D eigenvalue weighted by atomic mass is 32.1. The fourth-order valence-electron chi connectivity index (χ4n) is 2.54. The second kappa shape index (κ2) is 8.48. The summed E-state index contributed by atoms with van der Waals surface area (Å²) >= 11 is 4.77. The number of nitrogens with zero attached hydrogens (tertiary/aromatic N) is 1. The lowest BCUT2D eigenvalue weighted by Crippen LogP contribution is -2.51. The van der Waals surface area contributed by atoms with Crippen LogP contribution in [0.25, 0.3) is 6.08 Å². The van der Waals surface area contributed by atoms with Crippen LogP contribution in [0, 0.1) is 10.1 Å². The highest BCUT2D eigenvalue weighted by Gasteiger charge is 2.25. The Hall–Kier alpha value is -3.79. The second-order valence-electron chi connectivity index (χ2n) is 5.92. The van der Waals surface area contributed by atoms with Crippen molar-refractivity contribution < 1.29 is 24.0 Å². The van der Waals surface area contributed by atoms with E-state index in [1.54, 1.807) is 30.3 Å². The molecule has 0 spiro atoms. The maximum Gasteiger partial charge on any atom is 0.269 e. The summed E-state index contributed by atoms with van der Waals surface area (Å²) in [6.07, 6.45) is 1.41. The lowest BCUT2D eigenvalue weighted by atomic mass is 10.1. The van der Waals surface area contributed by atoms with Crippen molar-refractivity contribution in [3.05, 3.63) is 69.3 Å². The molecule has 9 nitrogen and oxygen atoms in total. The van der Waals surface area contributed by atoms with Crippen LogP contribution in [0.3, 0.4) is 0 Å². The summed E-state index contributed by atoms with van der Waals surface area (Å²) in [5, 5.41) is 15.4. The summed E-state index contributed by atoms with van der Waals surface area (Å²) in [7, 11) is 1.48. The number of methoxy groups -OCH3 is 1. The molecule has 2 aromatic carbocycles. The molecule has 1 saturated heterocycles. The third-order valence-corrected chi connectivity index (χ3v) is 4.19. The molecule has 0 aromatic heterocycles. The van der Waals surface area contributed by atoms with E-state index in [-0.39, 0.29) is 23.0 Å². The summed E-state index contributed by atoms with van der Waals surface area (Å²) in [6, 6.07) is 10.9. The fourth-order valence-corrected chi connectivity index (χ4v) is 2.73. The monoisotopic (exact) mass is 413 g/mol. The van der Waals surface area contributed by atoms with Crippen LogP contribution in [0.5, 0.6) is 11.5 Å². The maximum atomic E-state index is 12.0. The first-order valence-electron chi connectivity index (χ1n) is 8.30. The Morgan fingerprint density at radius 2 is 1.72 bits per heavy atom. The summed E-state index contributed by atoms with van der Waals surface area (Å²) in [6.45, 7) is 0.142. The number of rotatable bonds is 6. The van der Waals surface area contributed by atoms with E-state index in [4.69, 9.17) is 21.7 Å².